The van der Waals surface area contributed by atoms with E-state index in [-0.39, 0.29) is 6.10 Å². The summed E-state index contributed by atoms with van der Waals surface area (Å²) in [5.74, 6) is 1.76. The summed E-state index contributed by atoms with van der Waals surface area (Å²) in [6.07, 6.45) is 6.20. The number of aryl methyl sites for hydroxylation is 1. The first-order valence-electron chi connectivity index (χ1n) is 7.22. The van der Waals surface area contributed by atoms with Crippen LogP contribution in [0, 0.1) is 0 Å². The Labute approximate surface area is 109 Å². The Morgan fingerprint density at radius 2 is 2.28 bits per heavy atom. The fourth-order valence-corrected chi connectivity index (χ4v) is 3.33. The lowest BCUT2D eigenvalue weighted by Crippen LogP contribution is -2.36. The van der Waals surface area contributed by atoms with Gasteiger partial charge in [-0.2, -0.15) is 0 Å². The Morgan fingerprint density at radius 1 is 1.39 bits per heavy atom. The second-order valence-electron chi connectivity index (χ2n) is 5.64. The van der Waals surface area contributed by atoms with Crippen LogP contribution in [0.15, 0.2) is 6.20 Å². The van der Waals surface area contributed by atoms with Gasteiger partial charge in [0, 0.05) is 24.4 Å². The van der Waals surface area contributed by atoms with Crippen LogP contribution in [0.4, 0.5) is 0 Å². The first-order chi connectivity index (χ1) is 8.78. The lowest BCUT2D eigenvalue weighted by Gasteiger charge is -2.32. The molecule has 2 aliphatic rings. The van der Waals surface area contributed by atoms with Gasteiger partial charge in [-0.1, -0.05) is 6.92 Å². The summed E-state index contributed by atoms with van der Waals surface area (Å²) in [6, 6.07) is 0. The summed E-state index contributed by atoms with van der Waals surface area (Å²) in [5, 5.41) is 9.84. The van der Waals surface area contributed by atoms with Gasteiger partial charge >= 0.3 is 0 Å². The van der Waals surface area contributed by atoms with Gasteiger partial charge in [-0.05, 0) is 38.8 Å². The van der Waals surface area contributed by atoms with Gasteiger partial charge in [0.15, 0.2) is 0 Å². The summed E-state index contributed by atoms with van der Waals surface area (Å²) < 4.78 is 2.28. The molecule has 0 amide bonds. The van der Waals surface area contributed by atoms with Crippen LogP contribution >= 0.6 is 0 Å². The zero-order valence-corrected chi connectivity index (χ0v) is 11.2. The highest BCUT2D eigenvalue weighted by molar-refractivity contribution is 5.13. The Kier molecular flexibility index (Phi) is 3.39. The van der Waals surface area contributed by atoms with Crippen LogP contribution in [0.2, 0.25) is 0 Å². The van der Waals surface area contributed by atoms with Crippen LogP contribution in [0.25, 0.3) is 0 Å². The normalized spacial score (nSPS) is 29.2. The van der Waals surface area contributed by atoms with Crippen LogP contribution in [-0.2, 0) is 13.0 Å². The summed E-state index contributed by atoms with van der Waals surface area (Å²) in [7, 11) is 0. The zero-order chi connectivity index (χ0) is 12.5. The standard InChI is InChI=1S/C14H23N3O/c1-2-16-7-3-4-11(9-16)14-15-8-12-5-6-13(18)10-17(12)14/h8,11,13,18H,2-7,9-10H2,1H3. The highest BCUT2D eigenvalue weighted by Gasteiger charge is 2.27. The zero-order valence-electron chi connectivity index (χ0n) is 11.2. The minimum absolute atomic E-state index is 0.184. The molecular weight excluding hydrogens is 226 g/mol. The summed E-state index contributed by atoms with van der Waals surface area (Å²) >= 11 is 0. The van der Waals surface area contributed by atoms with Gasteiger partial charge in [0.25, 0.3) is 0 Å². The number of nitrogens with zero attached hydrogens (tertiary/aromatic N) is 3. The number of aromatic nitrogens is 2. The molecule has 0 aliphatic carbocycles. The van der Waals surface area contributed by atoms with E-state index >= 15 is 0 Å². The maximum Gasteiger partial charge on any atom is 0.113 e. The van der Waals surface area contributed by atoms with E-state index in [0.717, 1.165) is 32.5 Å². The third-order valence-corrected chi connectivity index (χ3v) is 4.41. The summed E-state index contributed by atoms with van der Waals surface area (Å²) in [6.45, 7) is 6.46. The lowest BCUT2D eigenvalue weighted by atomic mass is 9.96. The van der Waals surface area contributed by atoms with E-state index in [1.54, 1.807) is 0 Å². The predicted molar refractivity (Wildman–Crippen MR) is 70.6 cm³/mol. The molecule has 1 N–H and O–H groups in total. The first kappa shape index (κ1) is 12.2. The molecule has 1 aromatic heterocycles. The number of rotatable bonds is 2. The molecule has 1 saturated heterocycles. The minimum atomic E-state index is -0.184. The van der Waals surface area contributed by atoms with E-state index in [9.17, 15) is 5.11 Å². The molecule has 100 valence electrons. The van der Waals surface area contributed by atoms with Crippen molar-refractivity contribution in [2.45, 2.75) is 51.2 Å². The third-order valence-electron chi connectivity index (χ3n) is 4.41. The lowest BCUT2D eigenvalue weighted by molar-refractivity contribution is 0.127. The molecular formula is C14H23N3O. The molecule has 1 fully saturated rings. The van der Waals surface area contributed by atoms with E-state index in [1.165, 1.54) is 30.9 Å². The Hall–Kier alpha value is -0.870. The summed E-state index contributed by atoms with van der Waals surface area (Å²) in [4.78, 5) is 7.16. The Bertz CT molecular complexity index is 415. The molecule has 4 heteroatoms. The largest absolute Gasteiger partial charge is 0.391 e. The molecule has 2 unspecified atom stereocenters. The van der Waals surface area contributed by atoms with Crippen molar-refractivity contribution in [2.75, 3.05) is 19.6 Å². The van der Waals surface area contributed by atoms with Gasteiger partial charge in [0.1, 0.15) is 5.82 Å². The Morgan fingerprint density at radius 3 is 3.11 bits per heavy atom. The van der Waals surface area contributed by atoms with Crippen molar-refractivity contribution >= 4 is 0 Å². The number of hydrogen-bond acceptors (Lipinski definition) is 3. The van der Waals surface area contributed by atoms with E-state index < -0.39 is 0 Å². The van der Waals surface area contributed by atoms with E-state index in [1.807, 2.05) is 6.20 Å². The maximum absolute atomic E-state index is 9.84. The third kappa shape index (κ3) is 2.19. The molecule has 18 heavy (non-hydrogen) atoms. The maximum atomic E-state index is 9.84. The molecule has 4 nitrogen and oxygen atoms in total. The fourth-order valence-electron chi connectivity index (χ4n) is 3.33. The first-order valence-corrected chi connectivity index (χ1v) is 7.22. The van der Waals surface area contributed by atoms with E-state index in [2.05, 4.69) is 21.4 Å². The van der Waals surface area contributed by atoms with Crippen LogP contribution in [0.3, 0.4) is 0 Å². The average Bonchev–Trinajstić information content (AvgIpc) is 2.81. The molecule has 3 heterocycles. The highest BCUT2D eigenvalue weighted by atomic mass is 16.3. The molecule has 2 atom stereocenters. The van der Waals surface area contributed by atoms with Crippen molar-refractivity contribution in [1.29, 1.82) is 0 Å². The number of aliphatic hydroxyl groups excluding tert-OH is 1. The monoisotopic (exact) mass is 249 g/mol. The number of piperidine rings is 1. The van der Waals surface area contributed by atoms with Gasteiger partial charge in [0.2, 0.25) is 0 Å². The van der Waals surface area contributed by atoms with Gasteiger partial charge in [0.05, 0.1) is 12.6 Å². The van der Waals surface area contributed by atoms with E-state index in [4.69, 9.17) is 0 Å². The molecule has 0 radical (unpaired) electrons. The summed E-state index contributed by atoms with van der Waals surface area (Å²) in [5.41, 5.74) is 1.31. The highest BCUT2D eigenvalue weighted by Crippen LogP contribution is 2.28. The van der Waals surface area contributed by atoms with Gasteiger partial charge in [-0.3, -0.25) is 0 Å². The van der Waals surface area contributed by atoms with Crippen LogP contribution in [0.1, 0.15) is 43.6 Å². The molecule has 0 bridgehead atoms. The molecule has 2 aliphatic heterocycles. The van der Waals surface area contributed by atoms with Crippen molar-refractivity contribution in [3.05, 3.63) is 17.7 Å². The predicted octanol–water partition coefficient (Wildman–Crippen LogP) is 1.39. The number of likely N-dealkylation sites (tertiary alicyclic amines) is 1. The number of fused-ring (bicyclic) bond motifs is 1. The van der Waals surface area contributed by atoms with Crippen molar-refractivity contribution in [2.24, 2.45) is 0 Å². The number of hydrogen-bond donors (Lipinski definition) is 1. The molecule has 0 aromatic carbocycles. The number of imidazole rings is 1. The number of likely N-dealkylation sites (N-methyl/N-ethyl adjacent to an activating group) is 1. The van der Waals surface area contributed by atoms with Crippen molar-refractivity contribution in [1.82, 2.24) is 14.5 Å². The van der Waals surface area contributed by atoms with Gasteiger partial charge < -0.3 is 14.6 Å². The second-order valence-corrected chi connectivity index (χ2v) is 5.64. The van der Waals surface area contributed by atoms with Crippen molar-refractivity contribution in [3.63, 3.8) is 0 Å². The van der Waals surface area contributed by atoms with Crippen molar-refractivity contribution in [3.8, 4) is 0 Å². The molecule has 0 saturated carbocycles. The second kappa shape index (κ2) is 5.02. The quantitative estimate of drug-likeness (QED) is 0.861. The van der Waals surface area contributed by atoms with Crippen LogP contribution in [0.5, 0.6) is 0 Å². The van der Waals surface area contributed by atoms with Crippen LogP contribution < -0.4 is 0 Å². The fraction of sp³-hybridized carbons (Fsp3) is 0.786. The van der Waals surface area contributed by atoms with Gasteiger partial charge in [-0.15, -0.1) is 0 Å². The molecule has 0 spiro atoms. The minimum Gasteiger partial charge on any atom is -0.391 e. The topological polar surface area (TPSA) is 41.3 Å². The van der Waals surface area contributed by atoms with Crippen LogP contribution in [-0.4, -0.2) is 45.3 Å². The Balaban J connectivity index is 1.82. The molecule has 3 rings (SSSR count). The van der Waals surface area contributed by atoms with Crippen molar-refractivity contribution < 1.29 is 5.11 Å². The smallest absolute Gasteiger partial charge is 0.113 e. The molecule has 1 aromatic rings. The van der Waals surface area contributed by atoms with E-state index in [0.29, 0.717) is 5.92 Å². The SMILES string of the molecule is CCN1CCCC(c2ncc3n2CC(O)CC3)C1. The van der Waals surface area contributed by atoms with Gasteiger partial charge in [-0.25, -0.2) is 4.98 Å². The average molecular weight is 249 g/mol. The number of aliphatic hydroxyl groups is 1.